The van der Waals surface area contributed by atoms with Crippen molar-refractivity contribution < 1.29 is 9.53 Å². The van der Waals surface area contributed by atoms with Crippen LogP contribution in [0.4, 0.5) is 11.8 Å². The van der Waals surface area contributed by atoms with Crippen LogP contribution in [-0.4, -0.2) is 42.1 Å². The van der Waals surface area contributed by atoms with Crippen molar-refractivity contribution in [1.29, 1.82) is 0 Å². The number of ether oxygens (including phenoxy) is 1. The molecule has 1 atom stereocenters. The minimum atomic E-state index is -0.443. The number of fused-ring (bicyclic) bond motifs is 1. The molecule has 1 saturated heterocycles. The van der Waals surface area contributed by atoms with Gasteiger partial charge >= 0.3 is 0 Å². The van der Waals surface area contributed by atoms with Gasteiger partial charge in [0.2, 0.25) is 5.95 Å². The zero-order chi connectivity index (χ0) is 20.0. The Bertz CT molecular complexity index is 1050. The lowest BCUT2D eigenvalue weighted by Gasteiger charge is -2.34. The van der Waals surface area contributed by atoms with E-state index in [1.807, 2.05) is 17.0 Å². The summed E-state index contributed by atoms with van der Waals surface area (Å²) in [7, 11) is 0. The summed E-state index contributed by atoms with van der Waals surface area (Å²) in [6.45, 7) is 2.56. The maximum Gasteiger partial charge on any atom is 0.258 e. The van der Waals surface area contributed by atoms with Gasteiger partial charge in [-0.1, -0.05) is 23.7 Å². The van der Waals surface area contributed by atoms with Gasteiger partial charge in [-0.3, -0.25) is 14.6 Å². The lowest BCUT2D eigenvalue weighted by molar-refractivity contribution is -0.116. The molecule has 0 spiro atoms. The van der Waals surface area contributed by atoms with Crippen molar-refractivity contribution in [3.8, 4) is 0 Å². The van der Waals surface area contributed by atoms with Crippen molar-refractivity contribution in [1.82, 2.24) is 9.97 Å². The van der Waals surface area contributed by atoms with Crippen LogP contribution in [0.15, 0.2) is 40.3 Å². The number of carbonyl (C=O) groups is 1. The standard InChI is InChI=1S/C21H21ClN4O3/c22-13-6-4-12(5-7-13)16-17-14(2-1-3-15(17)27)23-19-18(16)20(28)25-21(24-19)26-8-10-29-11-9-26/h4-7,16H,1-3,8-11H2,(H2,23,24,25,28)/t16-/m1/s1. The van der Waals surface area contributed by atoms with Gasteiger partial charge < -0.3 is 15.0 Å². The predicted octanol–water partition coefficient (Wildman–Crippen LogP) is 2.82. The molecule has 150 valence electrons. The minimum Gasteiger partial charge on any atom is -0.378 e. The fourth-order valence-electron chi connectivity index (χ4n) is 4.36. The number of nitrogens with one attached hydrogen (secondary N) is 2. The molecule has 29 heavy (non-hydrogen) atoms. The van der Waals surface area contributed by atoms with Gasteiger partial charge in [0.15, 0.2) is 5.78 Å². The molecule has 8 heteroatoms. The minimum absolute atomic E-state index is 0.0843. The van der Waals surface area contributed by atoms with E-state index in [-0.39, 0.29) is 11.3 Å². The number of Topliss-reactive ketones (excluding diaryl/α,β-unsaturated/α-hetero) is 1. The first-order valence-electron chi connectivity index (χ1n) is 9.87. The number of allylic oxidation sites excluding steroid dienone is 2. The van der Waals surface area contributed by atoms with Crippen LogP contribution in [-0.2, 0) is 9.53 Å². The molecular weight excluding hydrogens is 392 g/mol. The summed E-state index contributed by atoms with van der Waals surface area (Å²) in [5.41, 5.74) is 2.68. The number of rotatable bonds is 2. The first kappa shape index (κ1) is 18.4. The van der Waals surface area contributed by atoms with E-state index in [2.05, 4.69) is 10.3 Å². The van der Waals surface area contributed by atoms with E-state index in [1.54, 1.807) is 12.1 Å². The Labute approximate surface area is 172 Å². The fraction of sp³-hybridized carbons (Fsp3) is 0.381. The second-order valence-corrected chi connectivity index (χ2v) is 7.97. The molecule has 1 aromatic carbocycles. The van der Waals surface area contributed by atoms with Gasteiger partial charge in [0, 0.05) is 41.7 Å². The Morgan fingerprint density at radius 3 is 2.62 bits per heavy atom. The maximum atomic E-state index is 13.2. The van der Waals surface area contributed by atoms with Crippen molar-refractivity contribution in [2.24, 2.45) is 0 Å². The summed E-state index contributed by atoms with van der Waals surface area (Å²) in [5.74, 6) is 0.705. The Kier molecular flexibility index (Phi) is 4.64. The van der Waals surface area contributed by atoms with Crippen molar-refractivity contribution >= 4 is 29.2 Å². The molecule has 3 aliphatic rings. The summed E-state index contributed by atoms with van der Waals surface area (Å²) >= 11 is 6.07. The van der Waals surface area contributed by atoms with E-state index >= 15 is 0 Å². The summed E-state index contributed by atoms with van der Waals surface area (Å²) < 4.78 is 5.40. The molecule has 2 N–H and O–H groups in total. The van der Waals surface area contributed by atoms with Gasteiger partial charge in [-0.15, -0.1) is 0 Å². The van der Waals surface area contributed by atoms with E-state index < -0.39 is 5.92 Å². The second-order valence-electron chi connectivity index (χ2n) is 7.53. The van der Waals surface area contributed by atoms with E-state index in [0.29, 0.717) is 60.6 Å². The summed E-state index contributed by atoms with van der Waals surface area (Å²) in [6.07, 6.45) is 2.07. The fourth-order valence-corrected chi connectivity index (χ4v) is 4.49. The third-order valence-electron chi connectivity index (χ3n) is 5.76. The summed E-state index contributed by atoms with van der Waals surface area (Å²) in [5, 5.41) is 3.92. The number of morpholine rings is 1. The molecule has 0 radical (unpaired) electrons. The number of hydrogen-bond donors (Lipinski definition) is 2. The molecule has 0 amide bonds. The third-order valence-corrected chi connectivity index (χ3v) is 6.01. The quantitative estimate of drug-likeness (QED) is 0.788. The van der Waals surface area contributed by atoms with E-state index in [0.717, 1.165) is 24.1 Å². The van der Waals surface area contributed by atoms with Crippen molar-refractivity contribution in [3.63, 3.8) is 0 Å². The first-order valence-corrected chi connectivity index (χ1v) is 10.3. The number of nitrogens with zero attached hydrogens (tertiary/aromatic N) is 2. The summed E-state index contributed by atoms with van der Waals surface area (Å²) in [6, 6.07) is 7.33. The number of aromatic nitrogens is 2. The van der Waals surface area contributed by atoms with Gasteiger partial charge in [-0.05, 0) is 30.5 Å². The van der Waals surface area contributed by atoms with E-state index in [9.17, 15) is 9.59 Å². The monoisotopic (exact) mass is 412 g/mol. The van der Waals surface area contributed by atoms with Gasteiger partial charge in [0.25, 0.3) is 5.56 Å². The van der Waals surface area contributed by atoms with E-state index in [4.69, 9.17) is 21.3 Å². The Hall–Kier alpha value is -2.64. The van der Waals surface area contributed by atoms with Crippen LogP contribution in [0.25, 0.3) is 0 Å². The SMILES string of the molecule is O=C1CCCC2=C1[C@@H](c1ccc(Cl)cc1)c1c(nc(N3CCOCC3)[nH]c1=O)N2. The Balaban J connectivity index is 1.67. The van der Waals surface area contributed by atoms with Gasteiger partial charge in [0.05, 0.1) is 18.8 Å². The lowest BCUT2D eigenvalue weighted by Crippen LogP contribution is -2.40. The van der Waals surface area contributed by atoms with Crippen molar-refractivity contribution in [3.05, 3.63) is 62.0 Å². The zero-order valence-electron chi connectivity index (χ0n) is 15.8. The van der Waals surface area contributed by atoms with Crippen LogP contribution in [0.2, 0.25) is 5.02 Å². The Morgan fingerprint density at radius 2 is 1.86 bits per heavy atom. The highest BCUT2D eigenvalue weighted by Crippen LogP contribution is 2.43. The third kappa shape index (κ3) is 3.24. The maximum absolute atomic E-state index is 13.2. The molecule has 5 rings (SSSR count). The van der Waals surface area contributed by atoms with E-state index in [1.165, 1.54) is 0 Å². The first-order chi connectivity index (χ1) is 14.1. The largest absolute Gasteiger partial charge is 0.378 e. The lowest BCUT2D eigenvalue weighted by atomic mass is 9.76. The van der Waals surface area contributed by atoms with Crippen LogP contribution in [0.5, 0.6) is 0 Å². The average Bonchev–Trinajstić information content (AvgIpc) is 2.74. The van der Waals surface area contributed by atoms with Gasteiger partial charge in [-0.25, -0.2) is 0 Å². The molecule has 2 aromatic rings. The molecule has 1 aromatic heterocycles. The summed E-state index contributed by atoms with van der Waals surface area (Å²) in [4.78, 5) is 35.7. The number of hydrogen-bond acceptors (Lipinski definition) is 6. The molecular formula is C21H21ClN4O3. The smallest absolute Gasteiger partial charge is 0.258 e. The van der Waals surface area contributed by atoms with Crippen LogP contribution in [0.1, 0.15) is 36.3 Å². The van der Waals surface area contributed by atoms with Crippen LogP contribution in [0.3, 0.4) is 0 Å². The highest BCUT2D eigenvalue weighted by atomic mass is 35.5. The van der Waals surface area contributed by atoms with Crippen molar-refractivity contribution in [2.45, 2.75) is 25.2 Å². The molecule has 1 fully saturated rings. The number of aromatic amines is 1. The van der Waals surface area contributed by atoms with Crippen LogP contribution >= 0.6 is 11.6 Å². The number of halogens is 1. The number of H-pyrrole nitrogens is 1. The molecule has 2 aliphatic heterocycles. The Morgan fingerprint density at radius 1 is 1.10 bits per heavy atom. The molecule has 0 saturated carbocycles. The van der Waals surface area contributed by atoms with Gasteiger partial charge in [0.1, 0.15) is 5.82 Å². The topological polar surface area (TPSA) is 87.3 Å². The number of ketones is 1. The highest BCUT2D eigenvalue weighted by Gasteiger charge is 2.38. The van der Waals surface area contributed by atoms with Crippen molar-refractivity contribution in [2.75, 3.05) is 36.5 Å². The normalized spacial score (nSPS) is 21.5. The number of carbonyl (C=O) groups excluding carboxylic acids is 1. The van der Waals surface area contributed by atoms with Crippen LogP contribution in [0, 0.1) is 0 Å². The second kappa shape index (κ2) is 7.31. The number of anilines is 2. The molecule has 1 aliphatic carbocycles. The zero-order valence-corrected chi connectivity index (χ0v) is 16.6. The predicted molar refractivity (Wildman–Crippen MR) is 111 cm³/mol. The number of benzene rings is 1. The average molecular weight is 413 g/mol. The van der Waals surface area contributed by atoms with Crippen LogP contribution < -0.4 is 15.8 Å². The van der Waals surface area contributed by atoms with Gasteiger partial charge in [-0.2, -0.15) is 4.98 Å². The molecule has 3 heterocycles. The molecule has 7 nitrogen and oxygen atoms in total. The molecule has 0 unspecified atom stereocenters. The molecule has 0 bridgehead atoms. The highest BCUT2D eigenvalue weighted by molar-refractivity contribution is 6.30.